The highest BCUT2D eigenvalue weighted by Gasteiger charge is 2.31. The van der Waals surface area contributed by atoms with Crippen LogP contribution in [0.2, 0.25) is 10.0 Å². The minimum atomic E-state index is -0.551. The van der Waals surface area contributed by atoms with Crippen molar-refractivity contribution >= 4 is 52.1 Å². The predicted octanol–water partition coefficient (Wildman–Crippen LogP) is 4.44. The predicted molar refractivity (Wildman–Crippen MR) is 119 cm³/mol. The Bertz CT molecular complexity index is 1010. The van der Waals surface area contributed by atoms with Gasteiger partial charge >= 0.3 is 0 Å². The van der Waals surface area contributed by atoms with Crippen molar-refractivity contribution in [2.75, 3.05) is 19.5 Å². The Hall–Kier alpha value is -2.48. The maximum absolute atomic E-state index is 13.3. The van der Waals surface area contributed by atoms with Crippen LogP contribution in [0.25, 0.3) is 0 Å². The third kappa shape index (κ3) is 4.58. The molecule has 0 aromatic heterocycles. The summed E-state index contributed by atoms with van der Waals surface area (Å²) in [5, 5.41) is 10.3. The first kappa shape index (κ1) is 21.2. The molecule has 29 heavy (non-hydrogen) atoms. The van der Waals surface area contributed by atoms with E-state index in [1.807, 2.05) is 0 Å². The Morgan fingerprint density at radius 3 is 2.55 bits per heavy atom. The monoisotopic (exact) mass is 451 g/mol. The van der Waals surface area contributed by atoms with Crippen molar-refractivity contribution in [2.45, 2.75) is 13.0 Å². The van der Waals surface area contributed by atoms with Gasteiger partial charge in [0.05, 0.1) is 31.5 Å². The van der Waals surface area contributed by atoms with Gasteiger partial charge < -0.3 is 25.4 Å². The average molecular weight is 452 g/mol. The maximum atomic E-state index is 13.3. The van der Waals surface area contributed by atoms with E-state index >= 15 is 0 Å². The number of nitrogens with one attached hydrogen (secondary N) is 3. The molecule has 0 fully saturated rings. The standard InChI is InChI=1S/C20H19Cl2N3O3S/c1-10-17(19(26)24-15-9-12(27-2)5-7-16(15)28-3)18(25-20(29)23-10)13-6-4-11(21)8-14(13)22/h4-9,18H,1-3H3,(H,24,26)(H2,23,25,29). The molecule has 1 aliphatic rings. The van der Waals surface area contributed by atoms with Crippen LogP contribution in [0.3, 0.4) is 0 Å². The lowest BCUT2D eigenvalue weighted by Crippen LogP contribution is -2.45. The molecule has 0 aliphatic carbocycles. The molecular weight excluding hydrogens is 433 g/mol. The zero-order valence-electron chi connectivity index (χ0n) is 15.9. The summed E-state index contributed by atoms with van der Waals surface area (Å²) in [6.45, 7) is 1.78. The molecule has 0 spiro atoms. The van der Waals surface area contributed by atoms with Gasteiger partial charge in [0.15, 0.2) is 5.11 Å². The van der Waals surface area contributed by atoms with Crippen molar-refractivity contribution in [1.82, 2.24) is 10.6 Å². The van der Waals surface area contributed by atoms with E-state index in [0.717, 1.165) is 0 Å². The lowest BCUT2D eigenvalue weighted by atomic mass is 9.94. The van der Waals surface area contributed by atoms with E-state index in [9.17, 15) is 4.79 Å². The van der Waals surface area contributed by atoms with Gasteiger partial charge in [0.1, 0.15) is 11.5 Å². The molecule has 0 saturated carbocycles. The van der Waals surface area contributed by atoms with Crippen LogP contribution in [0.1, 0.15) is 18.5 Å². The second kappa shape index (κ2) is 8.90. The number of hydrogen-bond acceptors (Lipinski definition) is 4. The smallest absolute Gasteiger partial charge is 0.255 e. The van der Waals surface area contributed by atoms with Crippen LogP contribution >= 0.6 is 35.4 Å². The molecule has 9 heteroatoms. The Kier molecular flexibility index (Phi) is 6.52. The van der Waals surface area contributed by atoms with Crippen molar-refractivity contribution in [3.05, 3.63) is 63.3 Å². The normalized spacial score (nSPS) is 16.0. The Balaban J connectivity index is 2.00. The van der Waals surface area contributed by atoms with Gasteiger partial charge in [-0.3, -0.25) is 4.79 Å². The number of rotatable bonds is 5. The van der Waals surface area contributed by atoms with Crippen molar-refractivity contribution in [1.29, 1.82) is 0 Å². The highest BCUT2D eigenvalue weighted by atomic mass is 35.5. The molecule has 3 N–H and O–H groups in total. The van der Waals surface area contributed by atoms with Crippen LogP contribution < -0.4 is 25.4 Å². The number of ether oxygens (including phenoxy) is 2. The van der Waals surface area contributed by atoms with Crippen LogP contribution in [-0.4, -0.2) is 25.2 Å². The molecule has 1 heterocycles. The second-order valence-electron chi connectivity index (χ2n) is 6.26. The van der Waals surface area contributed by atoms with Gasteiger partial charge in [0, 0.05) is 21.8 Å². The Morgan fingerprint density at radius 2 is 1.90 bits per heavy atom. The first-order valence-electron chi connectivity index (χ1n) is 8.60. The summed E-state index contributed by atoms with van der Waals surface area (Å²) < 4.78 is 10.6. The molecule has 152 valence electrons. The second-order valence-corrected chi connectivity index (χ2v) is 7.51. The minimum absolute atomic E-state index is 0.340. The number of hydrogen-bond donors (Lipinski definition) is 3. The van der Waals surface area contributed by atoms with E-state index in [4.69, 9.17) is 44.9 Å². The summed E-state index contributed by atoms with van der Waals surface area (Å²) in [4.78, 5) is 13.3. The van der Waals surface area contributed by atoms with Gasteiger partial charge in [-0.05, 0) is 49.0 Å². The first-order valence-corrected chi connectivity index (χ1v) is 9.77. The van der Waals surface area contributed by atoms with E-state index < -0.39 is 6.04 Å². The first-order chi connectivity index (χ1) is 13.8. The minimum Gasteiger partial charge on any atom is -0.497 e. The number of carbonyl (C=O) groups excluding carboxylic acids is 1. The van der Waals surface area contributed by atoms with Crippen molar-refractivity contribution in [3.63, 3.8) is 0 Å². The fourth-order valence-corrected chi connectivity index (χ4v) is 3.85. The zero-order chi connectivity index (χ0) is 21.1. The van der Waals surface area contributed by atoms with Gasteiger partial charge in [-0.15, -0.1) is 0 Å². The van der Waals surface area contributed by atoms with Crippen LogP contribution in [-0.2, 0) is 4.79 Å². The number of methoxy groups -OCH3 is 2. The third-order valence-electron chi connectivity index (χ3n) is 4.44. The van der Waals surface area contributed by atoms with Gasteiger partial charge in [-0.1, -0.05) is 29.3 Å². The zero-order valence-corrected chi connectivity index (χ0v) is 18.3. The van der Waals surface area contributed by atoms with Gasteiger partial charge in [-0.25, -0.2) is 0 Å². The van der Waals surface area contributed by atoms with Gasteiger partial charge in [0.25, 0.3) is 5.91 Å². The lowest BCUT2D eigenvalue weighted by molar-refractivity contribution is -0.113. The lowest BCUT2D eigenvalue weighted by Gasteiger charge is -2.31. The molecule has 0 radical (unpaired) electrons. The van der Waals surface area contributed by atoms with E-state index in [2.05, 4.69) is 16.0 Å². The summed E-state index contributed by atoms with van der Waals surface area (Å²) in [5.74, 6) is 0.753. The molecule has 3 rings (SSSR count). The summed E-state index contributed by atoms with van der Waals surface area (Å²) in [5.41, 5.74) is 2.21. The number of amides is 1. The molecule has 2 aromatic rings. The molecule has 2 aromatic carbocycles. The van der Waals surface area contributed by atoms with Gasteiger partial charge in [-0.2, -0.15) is 0 Å². The van der Waals surface area contributed by atoms with Crippen LogP contribution in [0, 0.1) is 0 Å². The SMILES string of the molecule is COc1ccc(OC)c(NC(=O)C2=C(C)NC(=S)NC2c2ccc(Cl)cc2Cl)c1. The summed E-state index contributed by atoms with van der Waals surface area (Å²) in [7, 11) is 3.08. The van der Waals surface area contributed by atoms with Gasteiger partial charge in [0.2, 0.25) is 0 Å². The molecule has 0 bridgehead atoms. The quantitative estimate of drug-likeness (QED) is 0.583. The largest absolute Gasteiger partial charge is 0.497 e. The summed E-state index contributed by atoms with van der Waals surface area (Å²) in [6.07, 6.45) is 0. The number of allylic oxidation sites excluding steroid dienone is 1. The van der Waals surface area contributed by atoms with E-state index in [-0.39, 0.29) is 5.91 Å². The molecule has 1 unspecified atom stereocenters. The van der Waals surface area contributed by atoms with Crippen molar-refractivity contribution in [3.8, 4) is 11.5 Å². The fraction of sp³-hybridized carbons (Fsp3) is 0.200. The Labute approximate surface area is 184 Å². The van der Waals surface area contributed by atoms with Crippen LogP contribution in [0.5, 0.6) is 11.5 Å². The number of carbonyl (C=O) groups is 1. The van der Waals surface area contributed by atoms with E-state index in [0.29, 0.717) is 49.2 Å². The summed E-state index contributed by atoms with van der Waals surface area (Å²) in [6, 6.07) is 9.71. The highest BCUT2D eigenvalue weighted by Crippen LogP contribution is 2.35. The molecule has 1 amide bonds. The molecular formula is C20H19Cl2N3O3S. The Morgan fingerprint density at radius 1 is 1.14 bits per heavy atom. The molecule has 0 saturated heterocycles. The number of thiocarbonyl (C=S) groups is 1. The summed E-state index contributed by atoms with van der Waals surface area (Å²) >= 11 is 17.7. The fourth-order valence-electron chi connectivity index (χ4n) is 3.07. The molecule has 1 atom stereocenters. The number of anilines is 1. The van der Waals surface area contributed by atoms with Crippen LogP contribution in [0.15, 0.2) is 47.7 Å². The third-order valence-corrected chi connectivity index (χ3v) is 5.22. The van der Waals surface area contributed by atoms with E-state index in [1.54, 1.807) is 50.4 Å². The maximum Gasteiger partial charge on any atom is 0.255 e. The number of benzene rings is 2. The van der Waals surface area contributed by atoms with Crippen LogP contribution in [0.4, 0.5) is 5.69 Å². The highest BCUT2D eigenvalue weighted by molar-refractivity contribution is 7.80. The molecule has 6 nitrogen and oxygen atoms in total. The van der Waals surface area contributed by atoms with E-state index in [1.165, 1.54) is 7.11 Å². The topological polar surface area (TPSA) is 71.6 Å². The average Bonchev–Trinajstić information content (AvgIpc) is 2.67. The van der Waals surface area contributed by atoms with Crippen molar-refractivity contribution in [2.24, 2.45) is 0 Å². The molecule has 1 aliphatic heterocycles. The van der Waals surface area contributed by atoms with Crippen molar-refractivity contribution < 1.29 is 14.3 Å². The number of halogens is 2.